The van der Waals surface area contributed by atoms with Gasteiger partial charge in [0.1, 0.15) is 0 Å². The maximum absolute atomic E-state index is 4.54. The molecule has 1 N–H and O–H groups in total. The van der Waals surface area contributed by atoms with E-state index in [1.54, 1.807) is 0 Å². The number of fused-ring (bicyclic) bond motifs is 1. The van der Waals surface area contributed by atoms with Gasteiger partial charge in [-0.1, -0.05) is 13.3 Å². The number of aromatic nitrogens is 2. The Morgan fingerprint density at radius 2 is 2.38 bits per heavy atom. The fourth-order valence-corrected chi connectivity index (χ4v) is 1.99. The standard InChI is InChI=1S/C10H17N3/c1-3-5-8-10-9(13(2)12-8)6-4-7-11-10/h11H,3-7H2,1-2H3. The summed E-state index contributed by atoms with van der Waals surface area (Å²) >= 11 is 0. The third-order valence-electron chi connectivity index (χ3n) is 2.62. The van der Waals surface area contributed by atoms with Crippen LogP contribution in [-0.2, 0) is 19.9 Å². The van der Waals surface area contributed by atoms with E-state index in [0.717, 1.165) is 13.0 Å². The molecule has 2 heterocycles. The van der Waals surface area contributed by atoms with E-state index in [4.69, 9.17) is 0 Å². The molecule has 13 heavy (non-hydrogen) atoms. The maximum atomic E-state index is 4.54. The minimum Gasteiger partial charge on any atom is -0.382 e. The fraction of sp³-hybridized carbons (Fsp3) is 0.700. The summed E-state index contributed by atoms with van der Waals surface area (Å²) in [7, 11) is 2.05. The van der Waals surface area contributed by atoms with Crippen molar-refractivity contribution in [1.29, 1.82) is 0 Å². The molecule has 1 aromatic rings. The van der Waals surface area contributed by atoms with Crippen LogP contribution in [0.25, 0.3) is 0 Å². The molecular formula is C10H17N3. The molecule has 0 aromatic carbocycles. The number of anilines is 1. The summed E-state index contributed by atoms with van der Waals surface area (Å²) in [4.78, 5) is 0. The molecule has 0 fully saturated rings. The molecule has 0 unspecified atom stereocenters. The minimum absolute atomic E-state index is 1.09. The van der Waals surface area contributed by atoms with Gasteiger partial charge in [0.05, 0.1) is 17.1 Å². The van der Waals surface area contributed by atoms with E-state index in [1.165, 1.54) is 36.3 Å². The summed E-state index contributed by atoms with van der Waals surface area (Å²) in [5, 5.41) is 7.99. The van der Waals surface area contributed by atoms with E-state index in [-0.39, 0.29) is 0 Å². The molecule has 1 aliphatic heterocycles. The summed E-state index contributed by atoms with van der Waals surface area (Å²) in [6, 6.07) is 0. The van der Waals surface area contributed by atoms with Crippen LogP contribution in [0.1, 0.15) is 31.2 Å². The highest BCUT2D eigenvalue weighted by atomic mass is 15.3. The highest BCUT2D eigenvalue weighted by Crippen LogP contribution is 2.25. The monoisotopic (exact) mass is 179 g/mol. The molecule has 3 heteroatoms. The van der Waals surface area contributed by atoms with Crippen LogP contribution < -0.4 is 5.32 Å². The molecule has 0 aliphatic carbocycles. The van der Waals surface area contributed by atoms with Crippen LogP contribution in [0.15, 0.2) is 0 Å². The zero-order valence-electron chi connectivity index (χ0n) is 8.43. The first kappa shape index (κ1) is 8.60. The number of hydrogen-bond acceptors (Lipinski definition) is 2. The largest absolute Gasteiger partial charge is 0.382 e. The topological polar surface area (TPSA) is 29.9 Å². The summed E-state index contributed by atoms with van der Waals surface area (Å²) in [5.74, 6) is 0. The molecule has 0 saturated heterocycles. The quantitative estimate of drug-likeness (QED) is 0.749. The van der Waals surface area contributed by atoms with Gasteiger partial charge < -0.3 is 5.32 Å². The van der Waals surface area contributed by atoms with E-state index in [9.17, 15) is 0 Å². The second-order valence-electron chi connectivity index (χ2n) is 3.67. The van der Waals surface area contributed by atoms with Crippen molar-refractivity contribution in [1.82, 2.24) is 9.78 Å². The zero-order valence-corrected chi connectivity index (χ0v) is 8.43. The van der Waals surface area contributed by atoms with E-state index in [2.05, 4.69) is 17.3 Å². The smallest absolute Gasteiger partial charge is 0.0858 e. The maximum Gasteiger partial charge on any atom is 0.0858 e. The third kappa shape index (κ3) is 1.43. The normalized spacial score (nSPS) is 15.2. The van der Waals surface area contributed by atoms with Gasteiger partial charge in [0, 0.05) is 13.6 Å². The second-order valence-corrected chi connectivity index (χ2v) is 3.67. The Labute approximate surface area is 79.1 Å². The van der Waals surface area contributed by atoms with Crippen molar-refractivity contribution >= 4 is 5.69 Å². The fourth-order valence-electron chi connectivity index (χ4n) is 1.99. The first-order valence-electron chi connectivity index (χ1n) is 5.11. The Balaban J connectivity index is 2.36. The Hall–Kier alpha value is -0.990. The molecule has 0 spiro atoms. The first-order chi connectivity index (χ1) is 6.33. The predicted octanol–water partition coefficient (Wildman–Crippen LogP) is 1.73. The minimum atomic E-state index is 1.09. The summed E-state index contributed by atoms with van der Waals surface area (Å²) in [6.45, 7) is 3.30. The Bertz CT molecular complexity index is 301. The lowest BCUT2D eigenvalue weighted by molar-refractivity contribution is 0.673. The molecule has 1 aliphatic rings. The van der Waals surface area contributed by atoms with Gasteiger partial charge in [0.2, 0.25) is 0 Å². The molecule has 3 nitrogen and oxygen atoms in total. The average molecular weight is 179 g/mol. The van der Waals surface area contributed by atoms with Crippen LogP contribution in [0.2, 0.25) is 0 Å². The number of aryl methyl sites for hydroxylation is 2. The van der Waals surface area contributed by atoms with Crippen molar-refractivity contribution in [2.24, 2.45) is 7.05 Å². The molecule has 1 aromatic heterocycles. The van der Waals surface area contributed by atoms with E-state index >= 15 is 0 Å². The van der Waals surface area contributed by atoms with Gasteiger partial charge in [-0.3, -0.25) is 4.68 Å². The molecule has 0 amide bonds. The number of nitrogens with one attached hydrogen (secondary N) is 1. The van der Waals surface area contributed by atoms with E-state index in [1.807, 2.05) is 11.7 Å². The highest BCUT2D eigenvalue weighted by molar-refractivity contribution is 5.54. The van der Waals surface area contributed by atoms with Gasteiger partial charge in [0.15, 0.2) is 0 Å². The third-order valence-corrected chi connectivity index (χ3v) is 2.62. The second kappa shape index (κ2) is 3.40. The van der Waals surface area contributed by atoms with Crippen molar-refractivity contribution in [3.05, 3.63) is 11.4 Å². The Morgan fingerprint density at radius 3 is 3.15 bits per heavy atom. The van der Waals surface area contributed by atoms with Gasteiger partial charge in [-0.15, -0.1) is 0 Å². The van der Waals surface area contributed by atoms with Crippen LogP contribution in [-0.4, -0.2) is 16.3 Å². The number of rotatable bonds is 2. The van der Waals surface area contributed by atoms with E-state index in [0.29, 0.717) is 0 Å². The van der Waals surface area contributed by atoms with Crippen LogP contribution in [0.5, 0.6) is 0 Å². The van der Waals surface area contributed by atoms with Crippen LogP contribution in [0.4, 0.5) is 5.69 Å². The average Bonchev–Trinajstić information content (AvgIpc) is 2.46. The molecule has 72 valence electrons. The molecule has 0 radical (unpaired) electrons. The summed E-state index contributed by atoms with van der Waals surface area (Å²) in [6.07, 6.45) is 4.68. The molecule has 0 atom stereocenters. The van der Waals surface area contributed by atoms with Crippen molar-refractivity contribution in [3.63, 3.8) is 0 Å². The number of hydrogen-bond donors (Lipinski definition) is 1. The van der Waals surface area contributed by atoms with Crippen LogP contribution >= 0.6 is 0 Å². The van der Waals surface area contributed by atoms with Gasteiger partial charge in [-0.05, 0) is 19.3 Å². The molecular weight excluding hydrogens is 162 g/mol. The Kier molecular flexibility index (Phi) is 2.25. The lowest BCUT2D eigenvalue weighted by Gasteiger charge is -2.14. The van der Waals surface area contributed by atoms with Crippen LogP contribution in [0, 0.1) is 0 Å². The van der Waals surface area contributed by atoms with Gasteiger partial charge in [0.25, 0.3) is 0 Å². The predicted molar refractivity (Wildman–Crippen MR) is 54.0 cm³/mol. The highest BCUT2D eigenvalue weighted by Gasteiger charge is 2.17. The van der Waals surface area contributed by atoms with Gasteiger partial charge >= 0.3 is 0 Å². The van der Waals surface area contributed by atoms with Gasteiger partial charge in [-0.2, -0.15) is 5.10 Å². The summed E-state index contributed by atoms with van der Waals surface area (Å²) in [5.41, 5.74) is 3.95. The van der Waals surface area contributed by atoms with Crippen molar-refractivity contribution in [3.8, 4) is 0 Å². The number of nitrogens with zero attached hydrogens (tertiary/aromatic N) is 2. The SMILES string of the molecule is CCCc1nn(C)c2c1NCCC2. The van der Waals surface area contributed by atoms with Crippen molar-refractivity contribution in [2.75, 3.05) is 11.9 Å². The van der Waals surface area contributed by atoms with E-state index < -0.39 is 0 Å². The lowest BCUT2D eigenvalue weighted by atomic mass is 10.1. The van der Waals surface area contributed by atoms with Crippen molar-refractivity contribution in [2.45, 2.75) is 32.6 Å². The summed E-state index contributed by atoms with van der Waals surface area (Å²) < 4.78 is 2.03. The Morgan fingerprint density at radius 1 is 1.54 bits per heavy atom. The molecule has 2 rings (SSSR count). The van der Waals surface area contributed by atoms with Crippen LogP contribution in [0.3, 0.4) is 0 Å². The molecule has 0 bridgehead atoms. The van der Waals surface area contributed by atoms with Gasteiger partial charge in [-0.25, -0.2) is 0 Å². The zero-order chi connectivity index (χ0) is 9.26. The lowest BCUT2D eigenvalue weighted by Crippen LogP contribution is -2.13. The van der Waals surface area contributed by atoms with Crippen molar-refractivity contribution < 1.29 is 0 Å². The first-order valence-corrected chi connectivity index (χ1v) is 5.11. The molecule has 0 saturated carbocycles.